The van der Waals surface area contributed by atoms with Crippen molar-refractivity contribution in [1.29, 1.82) is 0 Å². The molecule has 0 aromatic carbocycles. The van der Waals surface area contributed by atoms with Crippen molar-refractivity contribution in [2.75, 3.05) is 32.9 Å². The highest BCUT2D eigenvalue weighted by Crippen LogP contribution is 2.19. The Balaban J connectivity index is 1.71. The number of rotatable bonds is 3. The van der Waals surface area contributed by atoms with E-state index in [0.717, 1.165) is 32.7 Å². The van der Waals surface area contributed by atoms with E-state index < -0.39 is 0 Å². The molecule has 1 N–H and O–H groups in total. The molecule has 15 heavy (non-hydrogen) atoms. The molecule has 4 heteroatoms. The Hall–Kier alpha value is -0.610. The van der Waals surface area contributed by atoms with Gasteiger partial charge in [-0.05, 0) is 18.9 Å². The second kappa shape index (κ2) is 4.94. The minimum absolute atomic E-state index is 0.0422. The lowest BCUT2D eigenvalue weighted by molar-refractivity contribution is -0.150. The van der Waals surface area contributed by atoms with Crippen molar-refractivity contribution in [3.8, 4) is 0 Å². The van der Waals surface area contributed by atoms with Crippen LogP contribution in [0, 0.1) is 17.8 Å². The third-order valence-corrected chi connectivity index (χ3v) is 3.31. The molecular formula is C11H19NO3. The van der Waals surface area contributed by atoms with Crippen LogP contribution >= 0.6 is 0 Å². The first-order valence-electron chi connectivity index (χ1n) is 5.72. The minimum atomic E-state index is -0.0422. The summed E-state index contributed by atoms with van der Waals surface area (Å²) in [6.45, 7) is 5.86. The van der Waals surface area contributed by atoms with Crippen molar-refractivity contribution in [2.45, 2.75) is 13.3 Å². The van der Waals surface area contributed by atoms with Crippen LogP contribution in [0.25, 0.3) is 0 Å². The average molecular weight is 213 g/mol. The molecule has 0 spiro atoms. The van der Waals surface area contributed by atoms with Crippen molar-refractivity contribution in [1.82, 2.24) is 5.32 Å². The van der Waals surface area contributed by atoms with Gasteiger partial charge >= 0.3 is 5.97 Å². The SMILES string of the molecule is C[C@@H]1CNC[C@H]1C(=O)OCC1CCOC1. The normalized spacial score (nSPS) is 35.7. The third kappa shape index (κ3) is 2.69. The van der Waals surface area contributed by atoms with Gasteiger partial charge in [0.2, 0.25) is 0 Å². The summed E-state index contributed by atoms with van der Waals surface area (Å²) in [6, 6.07) is 0. The maximum absolute atomic E-state index is 11.7. The zero-order chi connectivity index (χ0) is 10.7. The van der Waals surface area contributed by atoms with E-state index in [9.17, 15) is 4.79 Å². The molecule has 2 heterocycles. The lowest BCUT2D eigenvalue weighted by Gasteiger charge is -2.15. The highest BCUT2D eigenvalue weighted by Gasteiger charge is 2.31. The molecule has 0 bridgehead atoms. The summed E-state index contributed by atoms with van der Waals surface area (Å²) in [5, 5.41) is 3.21. The summed E-state index contributed by atoms with van der Waals surface area (Å²) in [4.78, 5) is 11.7. The molecule has 86 valence electrons. The first-order valence-corrected chi connectivity index (χ1v) is 5.72. The van der Waals surface area contributed by atoms with E-state index in [2.05, 4.69) is 12.2 Å². The van der Waals surface area contributed by atoms with Gasteiger partial charge in [-0.25, -0.2) is 0 Å². The van der Waals surface area contributed by atoms with E-state index in [-0.39, 0.29) is 11.9 Å². The highest BCUT2D eigenvalue weighted by atomic mass is 16.5. The monoisotopic (exact) mass is 213 g/mol. The molecule has 0 saturated carbocycles. The summed E-state index contributed by atoms with van der Waals surface area (Å²) in [5.41, 5.74) is 0. The summed E-state index contributed by atoms with van der Waals surface area (Å²) in [6.07, 6.45) is 1.02. The Morgan fingerprint density at radius 1 is 1.53 bits per heavy atom. The molecule has 2 aliphatic rings. The number of carbonyl (C=O) groups is 1. The zero-order valence-corrected chi connectivity index (χ0v) is 9.20. The number of esters is 1. The van der Waals surface area contributed by atoms with E-state index in [4.69, 9.17) is 9.47 Å². The first kappa shape index (κ1) is 10.9. The smallest absolute Gasteiger partial charge is 0.310 e. The lowest BCUT2D eigenvalue weighted by atomic mass is 9.98. The molecule has 2 aliphatic heterocycles. The topological polar surface area (TPSA) is 47.6 Å². The number of ether oxygens (including phenoxy) is 2. The molecular weight excluding hydrogens is 194 g/mol. The maximum atomic E-state index is 11.7. The zero-order valence-electron chi connectivity index (χ0n) is 9.20. The van der Waals surface area contributed by atoms with Gasteiger partial charge in [0.15, 0.2) is 0 Å². The Bertz CT molecular complexity index is 226. The van der Waals surface area contributed by atoms with Crippen molar-refractivity contribution in [3.63, 3.8) is 0 Å². The van der Waals surface area contributed by atoms with Crippen LogP contribution in [-0.4, -0.2) is 38.9 Å². The Morgan fingerprint density at radius 2 is 2.40 bits per heavy atom. The van der Waals surface area contributed by atoms with Gasteiger partial charge < -0.3 is 14.8 Å². The summed E-state index contributed by atoms with van der Waals surface area (Å²) >= 11 is 0. The molecule has 0 amide bonds. The fraction of sp³-hybridized carbons (Fsp3) is 0.909. The Kier molecular flexibility index (Phi) is 3.59. The molecule has 3 atom stereocenters. The van der Waals surface area contributed by atoms with E-state index in [1.807, 2.05) is 0 Å². The van der Waals surface area contributed by atoms with Gasteiger partial charge in [-0.2, -0.15) is 0 Å². The second-order valence-corrected chi connectivity index (χ2v) is 4.60. The van der Waals surface area contributed by atoms with Gasteiger partial charge in [-0.15, -0.1) is 0 Å². The lowest BCUT2D eigenvalue weighted by Crippen LogP contribution is -2.26. The summed E-state index contributed by atoms with van der Waals surface area (Å²) in [5.74, 6) is 0.822. The van der Waals surface area contributed by atoms with Crippen LogP contribution in [0.15, 0.2) is 0 Å². The Morgan fingerprint density at radius 3 is 3.00 bits per heavy atom. The van der Waals surface area contributed by atoms with Gasteiger partial charge in [-0.3, -0.25) is 4.79 Å². The van der Waals surface area contributed by atoms with Gasteiger partial charge in [-0.1, -0.05) is 6.92 Å². The maximum Gasteiger partial charge on any atom is 0.310 e. The van der Waals surface area contributed by atoms with Gasteiger partial charge in [0.1, 0.15) is 0 Å². The van der Waals surface area contributed by atoms with E-state index in [1.165, 1.54) is 0 Å². The molecule has 4 nitrogen and oxygen atoms in total. The number of hydrogen-bond acceptors (Lipinski definition) is 4. The standard InChI is InChI=1S/C11H19NO3/c1-8-4-12-5-10(8)11(13)15-7-9-2-3-14-6-9/h8-10,12H,2-7H2,1H3/t8-,9?,10-/m1/s1. The Labute approximate surface area is 90.3 Å². The first-order chi connectivity index (χ1) is 7.27. The fourth-order valence-corrected chi connectivity index (χ4v) is 2.15. The minimum Gasteiger partial charge on any atom is -0.465 e. The van der Waals surface area contributed by atoms with Crippen molar-refractivity contribution in [3.05, 3.63) is 0 Å². The fourth-order valence-electron chi connectivity index (χ4n) is 2.15. The van der Waals surface area contributed by atoms with Gasteiger partial charge in [0, 0.05) is 19.1 Å². The van der Waals surface area contributed by atoms with Crippen LogP contribution in [0.5, 0.6) is 0 Å². The summed E-state index contributed by atoms with van der Waals surface area (Å²) < 4.78 is 10.6. The molecule has 2 rings (SSSR count). The van der Waals surface area contributed by atoms with Crippen LogP contribution < -0.4 is 5.32 Å². The predicted molar refractivity (Wildman–Crippen MR) is 55.4 cm³/mol. The van der Waals surface area contributed by atoms with Crippen LogP contribution in [0.3, 0.4) is 0 Å². The van der Waals surface area contributed by atoms with Crippen molar-refractivity contribution < 1.29 is 14.3 Å². The molecule has 0 radical (unpaired) electrons. The molecule has 0 aromatic heterocycles. The largest absolute Gasteiger partial charge is 0.465 e. The van der Waals surface area contributed by atoms with E-state index in [0.29, 0.717) is 18.4 Å². The molecule has 0 aromatic rings. The van der Waals surface area contributed by atoms with Crippen LogP contribution in [-0.2, 0) is 14.3 Å². The second-order valence-electron chi connectivity index (χ2n) is 4.60. The number of nitrogens with one attached hydrogen (secondary N) is 1. The van der Waals surface area contributed by atoms with Gasteiger partial charge in [0.05, 0.1) is 19.1 Å². The highest BCUT2D eigenvalue weighted by molar-refractivity contribution is 5.73. The number of carbonyl (C=O) groups excluding carboxylic acids is 1. The van der Waals surface area contributed by atoms with Crippen LogP contribution in [0.2, 0.25) is 0 Å². The van der Waals surface area contributed by atoms with E-state index >= 15 is 0 Å². The molecule has 1 unspecified atom stereocenters. The van der Waals surface area contributed by atoms with Crippen molar-refractivity contribution in [2.24, 2.45) is 17.8 Å². The molecule has 0 aliphatic carbocycles. The van der Waals surface area contributed by atoms with Crippen molar-refractivity contribution >= 4 is 5.97 Å². The third-order valence-electron chi connectivity index (χ3n) is 3.31. The van der Waals surface area contributed by atoms with Gasteiger partial charge in [0.25, 0.3) is 0 Å². The van der Waals surface area contributed by atoms with Crippen LogP contribution in [0.1, 0.15) is 13.3 Å². The van der Waals surface area contributed by atoms with E-state index in [1.54, 1.807) is 0 Å². The quantitative estimate of drug-likeness (QED) is 0.690. The number of hydrogen-bond donors (Lipinski definition) is 1. The average Bonchev–Trinajstić information content (AvgIpc) is 2.84. The molecule has 2 saturated heterocycles. The predicted octanol–water partition coefficient (Wildman–Crippen LogP) is 0.422. The van der Waals surface area contributed by atoms with Crippen LogP contribution in [0.4, 0.5) is 0 Å². The molecule has 2 fully saturated rings. The summed E-state index contributed by atoms with van der Waals surface area (Å²) in [7, 11) is 0.